The summed E-state index contributed by atoms with van der Waals surface area (Å²) in [4.78, 5) is 11.0. The average Bonchev–Trinajstić information content (AvgIpc) is 2.70. The highest BCUT2D eigenvalue weighted by atomic mass is 16.6. The molecule has 0 aromatic heterocycles. The van der Waals surface area contributed by atoms with E-state index in [1.807, 2.05) is 0 Å². The van der Waals surface area contributed by atoms with Crippen LogP contribution in [0.25, 0.3) is 0 Å². The van der Waals surface area contributed by atoms with Crippen molar-refractivity contribution in [2.24, 2.45) is 0 Å². The van der Waals surface area contributed by atoms with Crippen molar-refractivity contribution < 1.29 is 9.66 Å². The zero-order valence-corrected chi connectivity index (χ0v) is 8.73. The van der Waals surface area contributed by atoms with Crippen LogP contribution in [0, 0.1) is 10.1 Å². The molecule has 0 saturated carbocycles. The van der Waals surface area contributed by atoms with Gasteiger partial charge in [-0.2, -0.15) is 0 Å². The number of aryl methyl sites for hydroxylation is 1. The van der Waals surface area contributed by atoms with Crippen LogP contribution in [0.1, 0.15) is 34.8 Å². The minimum Gasteiger partial charge on any atom is -0.364 e. The zero-order chi connectivity index (χ0) is 10.9. The van der Waals surface area contributed by atoms with Gasteiger partial charge in [0.2, 0.25) is 0 Å². The Balaban J connectivity index is 2.03. The first kappa shape index (κ1) is 8.70. The van der Waals surface area contributed by atoms with Crippen molar-refractivity contribution in [3.63, 3.8) is 0 Å². The standard InChI is InChI=1S/C12H11NO3/c14-13(15)11-8-3-1-2-6(8)4-7-5-9-12(16-9)10(7)11/h4,9,12H,1-3,5H2. The molecule has 2 atom stereocenters. The topological polar surface area (TPSA) is 55.7 Å². The van der Waals surface area contributed by atoms with Crippen LogP contribution in [-0.4, -0.2) is 11.0 Å². The summed E-state index contributed by atoms with van der Waals surface area (Å²) in [5, 5.41) is 11.2. The van der Waals surface area contributed by atoms with E-state index in [1.54, 1.807) is 0 Å². The molecule has 4 heteroatoms. The molecule has 4 rings (SSSR count). The second-order valence-electron chi connectivity index (χ2n) is 4.85. The van der Waals surface area contributed by atoms with Crippen molar-refractivity contribution in [3.05, 3.63) is 38.4 Å². The number of hydrogen-bond acceptors (Lipinski definition) is 3. The van der Waals surface area contributed by atoms with Crippen LogP contribution in [0.4, 0.5) is 5.69 Å². The fourth-order valence-corrected chi connectivity index (χ4v) is 3.26. The van der Waals surface area contributed by atoms with E-state index >= 15 is 0 Å². The van der Waals surface area contributed by atoms with Gasteiger partial charge in [-0.15, -0.1) is 0 Å². The van der Waals surface area contributed by atoms with Crippen LogP contribution in [0.15, 0.2) is 6.07 Å². The minimum atomic E-state index is -0.201. The summed E-state index contributed by atoms with van der Waals surface area (Å²) in [6, 6.07) is 2.18. The number of nitro groups is 1. The van der Waals surface area contributed by atoms with Gasteiger partial charge in [0.25, 0.3) is 5.69 Å². The Kier molecular flexibility index (Phi) is 1.43. The van der Waals surface area contributed by atoms with Gasteiger partial charge >= 0.3 is 0 Å². The van der Waals surface area contributed by atoms with Gasteiger partial charge in [-0.25, -0.2) is 0 Å². The fraction of sp³-hybridized carbons (Fsp3) is 0.500. The van der Waals surface area contributed by atoms with E-state index in [4.69, 9.17) is 4.74 Å². The third-order valence-corrected chi connectivity index (χ3v) is 3.97. The van der Waals surface area contributed by atoms with Crippen molar-refractivity contribution >= 4 is 5.69 Å². The summed E-state index contributed by atoms with van der Waals surface area (Å²) < 4.78 is 5.43. The maximum absolute atomic E-state index is 11.2. The predicted octanol–water partition coefficient (Wildman–Crippen LogP) is 2.08. The van der Waals surface area contributed by atoms with Gasteiger partial charge in [-0.1, -0.05) is 6.07 Å². The van der Waals surface area contributed by atoms with Crippen LogP contribution in [0.3, 0.4) is 0 Å². The number of hydrogen-bond donors (Lipinski definition) is 0. The average molecular weight is 217 g/mol. The molecule has 1 saturated heterocycles. The first-order valence-electron chi connectivity index (χ1n) is 5.73. The molecule has 1 aromatic carbocycles. The van der Waals surface area contributed by atoms with Crippen molar-refractivity contribution in [1.29, 1.82) is 0 Å². The molecule has 1 heterocycles. The highest BCUT2D eigenvalue weighted by molar-refractivity contribution is 5.61. The van der Waals surface area contributed by atoms with E-state index in [0.717, 1.165) is 42.4 Å². The Bertz CT molecular complexity index is 523. The number of nitro benzene ring substituents is 1. The fourth-order valence-electron chi connectivity index (χ4n) is 3.26. The third-order valence-electron chi connectivity index (χ3n) is 3.97. The Morgan fingerprint density at radius 2 is 2.25 bits per heavy atom. The molecular weight excluding hydrogens is 206 g/mol. The van der Waals surface area contributed by atoms with Gasteiger partial charge in [-0.05, 0) is 30.4 Å². The predicted molar refractivity (Wildman–Crippen MR) is 56.4 cm³/mol. The molecule has 0 amide bonds. The molecule has 1 aliphatic heterocycles. The van der Waals surface area contributed by atoms with Gasteiger partial charge in [0.15, 0.2) is 0 Å². The Morgan fingerprint density at radius 3 is 3.06 bits per heavy atom. The van der Waals surface area contributed by atoms with Crippen LogP contribution < -0.4 is 0 Å². The lowest BCUT2D eigenvalue weighted by molar-refractivity contribution is -0.386. The molecule has 4 nitrogen and oxygen atoms in total. The SMILES string of the molecule is O=[N+]([O-])c1c2c(cc3c1C1OC1C3)CCC2. The Labute approximate surface area is 92.4 Å². The van der Waals surface area contributed by atoms with E-state index in [-0.39, 0.29) is 17.1 Å². The number of epoxide rings is 1. The van der Waals surface area contributed by atoms with Crippen molar-refractivity contribution in [2.75, 3.05) is 0 Å². The lowest BCUT2D eigenvalue weighted by Gasteiger charge is -2.08. The molecule has 82 valence electrons. The Morgan fingerprint density at radius 1 is 1.38 bits per heavy atom. The molecule has 3 aliphatic rings. The Hall–Kier alpha value is -1.42. The lowest BCUT2D eigenvalue weighted by Crippen LogP contribution is -2.02. The zero-order valence-electron chi connectivity index (χ0n) is 8.73. The summed E-state index contributed by atoms with van der Waals surface area (Å²) in [7, 11) is 0. The number of ether oxygens (including phenoxy) is 1. The van der Waals surface area contributed by atoms with Crippen molar-refractivity contribution in [2.45, 2.75) is 37.9 Å². The summed E-state index contributed by atoms with van der Waals surface area (Å²) in [6.07, 6.45) is 4.04. The largest absolute Gasteiger partial charge is 0.364 e. The minimum absolute atomic E-state index is 0.0290. The van der Waals surface area contributed by atoms with Gasteiger partial charge in [0, 0.05) is 12.0 Å². The first-order chi connectivity index (χ1) is 7.75. The first-order valence-corrected chi connectivity index (χ1v) is 5.73. The third kappa shape index (κ3) is 0.930. The molecular formula is C12H11NO3. The van der Waals surface area contributed by atoms with E-state index in [1.165, 1.54) is 5.56 Å². The quantitative estimate of drug-likeness (QED) is 0.411. The summed E-state index contributed by atoms with van der Waals surface area (Å²) in [6.45, 7) is 0. The van der Waals surface area contributed by atoms with Gasteiger partial charge in [-0.3, -0.25) is 10.1 Å². The number of nitrogens with zero attached hydrogens (tertiary/aromatic N) is 1. The molecule has 0 bridgehead atoms. The normalized spacial score (nSPS) is 28.5. The monoisotopic (exact) mass is 217 g/mol. The van der Waals surface area contributed by atoms with Crippen molar-refractivity contribution in [3.8, 4) is 0 Å². The van der Waals surface area contributed by atoms with E-state index in [0.29, 0.717) is 5.69 Å². The summed E-state index contributed by atoms with van der Waals surface area (Å²) in [5.74, 6) is 0. The molecule has 0 radical (unpaired) electrons. The second-order valence-corrected chi connectivity index (χ2v) is 4.85. The van der Waals surface area contributed by atoms with Gasteiger partial charge in [0.05, 0.1) is 16.6 Å². The lowest BCUT2D eigenvalue weighted by atomic mass is 9.98. The van der Waals surface area contributed by atoms with Gasteiger partial charge < -0.3 is 4.74 Å². The molecule has 16 heavy (non-hydrogen) atoms. The molecule has 0 N–H and O–H groups in total. The molecule has 2 unspecified atom stereocenters. The van der Waals surface area contributed by atoms with Crippen LogP contribution >= 0.6 is 0 Å². The van der Waals surface area contributed by atoms with E-state index in [2.05, 4.69) is 6.07 Å². The highest BCUT2D eigenvalue weighted by Gasteiger charge is 2.52. The second kappa shape index (κ2) is 2.63. The maximum atomic E-state index is 11.2. The summed E-state index contributed by atoms with van der Waals surface area (Å²) >= 11 is 0. The molecule has 1 aromatic rings. The number of fused-ring (bicyclic) bond motifs is 4. The van der Waals surface area contributed by atoms with Crippen LogP contribution in [0.2, 0.25) is 0 Å². The van der Waals surface area contributed by atoms with Crippen LogP contribution in [-0.2, 0) is 24.0 Å². The number of benzene rings is 1. The highest BCUT2D eigenvalue weighted by Crippen LogP contribution is 2.54. The number of rotatable bonds is 1. The molecule has 1 fully saturated rings. The van der Waals surface area contributed by atoms with Gasteiger partial charge in [0.1, 0.15) is 6.10 Å². The van der Waals surface area contributed by atoms with E-state index < -0.39 is 0 Å². The smallest absolute Gasteiger partial charge is 0.279 e. The maximum Gasteiger partial charge on any atom is 0.279 e. The van der Waals surface area contributed by atoms with Crippen LogP contribution in [0.5, 0.6) is 0 Å². The van der Waals surface area contributed by atoms with Crippen molar-refractivity contribution in [1.82, 2.24) is 0 Å². The van der Waals surface area contributed by atoms with E-state index in [9.17, 15) is 10.1 Å². The molecule has 2 aliphatic carbocycles. The molecule has 0 spiro atoms. The summed E-state index contributed by atoms with van der Waals surface area (Å²) in [5.41, 5.74) is 4.59.